The Bertz CT molecular complexity index is 673. The molecule has 1 aliphatic rings. The average Bonchev–Trinajstić information content (AvgIpc) is 2.49. The van der Waals surface area contributed by atoms with Crippen LogP contribution in [0.1, 0.15) is 46.5 Å². The van der Waals surface area contributed by atoms with Gasteiger partial charge in [0.25, 0.3) is 0 Å². The fraction of sp³-hybridized carbons (Fsp3) is 0.588. The summed E-state index contributed by atoms with van der Waals surface area (Å²) in [4.78, 5) is 12.3. The molecular formula is C17H25ClN2O3S. The van der Waals surface area contributed by atoms with Gasteiger partial charge in [-0.1, -0.05) is 11.6 Å². The van der Waals surface area contributed by atoms with Crippen LogP contribution in [0.5, 0.6) is 0 Å². The summed E-state index contributed by atoms with van der Waals surface area (Å²) in [6.45, 7) is 5.04. The molecule has 1 amide bonds. The van der Waals surface area contributed by atoms with Crippen molar-refractivity contribution in [3.05, 3.63) is 29.3 Å². The number of hydrogen-bond donors (Lipinski definition) is 2. The first-order valence-corrected chi connectivity index (χ1v) is 10.0. The smallest absolute Gasteiger partial charge is 0.227 e. The zero-order chi connectivity index (χ0) is 18.0. The van der Waals surface area contributed by atoms with E-state index in [1.165, 1.54) is 0 Å². The Hall–Kier alpha value is -1.11. The third-order valence-corrected chi connectivity index (χ3v) is 6.85. The van der Waals surface area contributed by atoms with E-state index in [0.717, 1.165) is 5.69 Å². The van der Waals surface area contributed by atoms with Gasteiger partial charge in [0.1, 0.15) is 0 Å². The molecule has 0 atom stereocenters. The number of nitrogens with one attached hydrogen (secondary N) is 2. The quantitative estimate of drug-likeness (QED) is 0.848. The second-order valence-electron chi connectivity index (χ2n) is 7.28. The van der Waals surface area contributed by atoms with Crippen molar-refractivity contribution in [1.29, 1.82) is 0 Å². The van der Waals surface area contributed by atoms with Crippen molar-refractivity contribution in [1.82, 2.24) is 4.72 Å². The van der Waals surface area contributed by atoms with E-state index < -0.39 is 14.8 Å². The fourth-order valence-corrected chi connectivity index (χ4v) is 3.80. The van der Waals surface area contributed by atoms with Gasteiger partial charge in [-0.05, 0) is 70.7 Å². The molecule has 1 saturated carbocycles. The van der Waals surface area contributed by atoms with Crippen LogP contribution in [0.2, 0.25) is 5.02 Å². The molecule has 0 unspecified atom stereocenters. The van der Waals surface area contributed by atoms with Gasteiger partial charge >= 0.3 is 0 Å². The van der Waals surface area contributed by atoms with Crippen molar-refractivity contribution in [3.8, 4) is 0 Å². The lowest BCUT2D eigenvalue weighted by Gasteiger charge is -2.30. The number of carbonyl (C=O) groups excluding carboxylic acids is 1. The Kier molecular flexibility index (Phi) is 5.94. The molecule has 0 heterocycles. The van der Waals surface area contributed by atoms with Gasteiger partial charge in [0.2, 0.25) is 15.9 Å². The fourth-order valence-electron chi connectivity index (χ4n) is 2.65. The lowest BCUT2D eigenvalue weighted by Crippen LogP contribution is -2.46. The molecular weight excluding hydrogens is 348 g/mol. The first kappa shape index (κ1) is 19.2. The van der Waals surface area contributed by atoms with Gasteiger partial charge in [0.15, 0.2) is 0 Å². The summed E-state index contributed by atoms with van der Waals surface area (Å²) in [6, 6.07) is 6.91. The van der Waals surface area contributed by atoms with Crippen molar-refractivity contribution in [3.63, 3.8) is 0 Å². The minimum atomic E-state index is -3.35. The molecule has 5 nitrogen and oxygen atoms in total. The van der Waals surface area contributed by atoms with Crippen molar-refractivity contribution in [2.24, 2.45) is 5.92 Å². The number of carbonyl (C=O) groups is 1. The minimum Gasteiger partial charge on any atom is -0.326 e. The molecule has 0 bridgehead atoms. The first-order chi connectivity index (χ1) is 11.1. The van der Waals surface area contributed by atoms with Crippen LogP contribution in [0, 0.1) is 5.92 Å². The highest BCUT2D eigenvalue weighted by molar-refractivity contribution is 7.90. The van der Waals surface area contributed by atoms with Crippen LogP contribution in [-0.2, 0) is 14.8 Å². The molecule has 2 N–H and O–H groups in total. The maximum absolute atomic E-state index is 12.3. The van der Waals surface area contributed by atoms with Gasteiger partial charge in [-0.15, -0.1) is 0 Å². The van der Waals surface area contributed by atoms with Gasteiger partial charge in [-0.2, -0.15) is 0 Å². The molecule has 1 aromatic carbocycles. The van der Waals surface area contributed by atoms with Gasteiger partial charge in [-0.25, -0.2) is 13.1 Å². The highest BCUT2D eigenvalue weighted by Crippen LogP contribution is 2.27. The monoisotopic (exact) mass is 372 g/mol. The van der Waals surface area contributed by atoms with Crippen LogP contribution in [0.3, 0.4) is 0 Å². The standard InChI is InChI=1S/C17H25ClN2O3S/c1-17(2,3)24(22,23)20-15-8-4-12(5-9-15)16(21)19-14-10-6-13(18)7-11-14/h6-7,10-12,15,20H,4-5,8-9H2,1-3H3,(H,19,21)/t12-,15-. The number of anilines is 1. The third kappa shape index (κ3) is 4.94. The summed E-state index contributed by atoms with van der Waals surface area (Å²) in [5.41, 5.74) is 0.722. The van der Waals surface area contributed by atoms with Crippen LogP contribution in [0.15, 0.2) is 24.3 Å². The van der Waals surface area contributed by atoms with Gasteiger partial charge in [-0.3, -0.25) is 4.79 Å². The second-order valence-corrected chi connectivity index (χ2v) is 10.2. The van der Waals surface area contributed by atoms with Crippen molar-refractivity contribution < 1.29 is 13.2 Å². The zero-order valence-electron chi connectivity index (χ0n) is 14.3. The topological polar surface area (TPSA) is 75.3 Å². The molecule has 2 rings (SSSR count). The summed E-state index contributed by atoms with van der Waals surface area (Å²) in [7, 11) is -3.35. The molecule has 134 valence electrons. The van der Waals surface area contributed by atoms with Crippen LogP contribution in [-0.4, -0.2) is 25.1 Å². The zero-order valence-corrected chi connectivity index (χ0v) is 15.9. The van der Waals surface area contributed by atoms with E-state index in [9.17, 15) is 13.2 Å². The minimum absolute atomic E-state index is 0.0190. The molecule has 1 fully saturated rings. The molecule has 1 aromatic rings. The van der Waals surface area contributed by atoms with Crippen LogP contribution < -0.4 is 10.0 Å². The Morgan fingerprint density at radius 2 is 1.62 bits per heavy atom. The van der Waals surface area contributed by atoms with Crippen LogP contribution in [0.4, 0.5) is 5.69 Å². The Morgan fingerprint density at radius 1 is 1.08 bits per heavy atom. The van der Waals surface area contributed by atoms with E-state index in [4.69, 9.17) is 11.6 Å². The van der Waals surface area contributed by atoms with E-state index >= 15 is 0 Å². The highest BCUT2D eigenvalue weighted by atomic mass is 35.5. The number of sulfonamides is 1. The lowest BCUT2D eigenvalue weighted by molar-refractivity contribution is -0.120. The Balaban J connectivity index is 1.86. The number of halogens is 1. The summed E-state index contributed by atoms with van der Waals surface area (Å²) in [5.74, 6) is -0.106. The maximum atomic E-state index is 12.3. The van der Waals surface area contributed by atoms with E-state index in [-0.39, 0.29) is 17.9 Å². The molecule has 24 heavy (non-hydrogen) atoms. The predicted octanol–water partition coefficient (Wildman–Crippen LogP) is 3.56. The third-order valence-electron chi connectivity index (χ3n) is 4.34. The van der Waals surface area contributed by atoms with Crippen molar-refractivity contribution >= 4 is 33.2 Å². The van der Waals surface area contributed by atoms with Gasteiger partial charge in [0.05, 0.1) is 4.75 Å². The molecule has 0 aromatic heterocycles. The summed E-state index contributed by atoms with van der Waals surface area (Å²) in [5, 5.41) is 3.51. The van der Waals surface area contributed by atoms with Gasteiger partial charge in [0, 0.05) is 22.7 Å². The van der Waals surface area contributed by atoms with E-state index in [2.05, 4.69) is 10.0 Å². The van der Waals surface area contributed by atoms with Gasteiger partial charge < -0.3 is 5.32 Å². The lowest BCUT2D eigenvalue weighted by atomic mass is 9.86. The molecule has 0 spiro atoms. The summed E-state index contributed by atoms with van der Waals surface area (Å²) >= 11 is 5.83. The maximum Gasteiger partial charge on any atom is 0.227 e. The number of benzene rings is 1. The molecule has 7 heteroatoms. The van der Waals surface area contributed by atoms with Crippen LogP contribution >= 0.6 is 11.6 Å². The van der Waals surface area contributed by atoms with E-state index in [1.807, 2.05) is 0 Å². The van der Waals surface area contributed by atoms with E-state index in [0.29, 0.717) is 30.7 Å². The summed E-state index contributed by atoms with van der Waals surface area (Å²) < 4.78 is 26.4. The molecule has 1 aliphatic carbocycles. The molecule has 0 radical (unpaired) electrons. The van der Waals surface area contributed by atoms with Crippen molar-refractivity contribution in [2.75, 3.05) is 5.32 Å². The highest BCUT2D eigenvalue weighted by Gasteiger charge is 2.34. The number of hydrogen-bond acceptors (Lipinski definition) is 3. The summed E-state index contributed by atoms with van der Waals surface area (Å²) in [6.07, 6.45) is 2.70. The SMILES string of the molecule is CC(C)(C)S(=O)(=O)N[C@H]1CC[C@H](C(=O)Nc2ccc(Cl)cc2)CC1. The van der Waals surface area contributed by atoms with E-state index in [1.54, 1.807) is 45.0 Å². The molecule has 0 aliphatic heterocycles. The second kappa shape index (κ2) is 7.42. The Morgan fingerprint density at radius 3 is 2.12 bits per heavy atom. The number of amides is 1. The number of rotatable bonds is 4. The van der Waals surface area contributed by atoms with Crippen molar-refractivity contribution in [2.45, 2.75) is 57.2 Å². The largest absolute Gasteiger partial charge is 0.326 e. The Labute approximate surface area is 149 Å². The predicted molar refractivity (Wildman–Crippen MR) is 97.6 cm³/mol. The van der Waals surface area contributed by atoms with Crippen LogP contribution in [0.25, 0.3) is 0 Å². The molecule has 0 saturated heterocycles. The first-order valence-electron chi connectivity index (χ1n) is 8.17. The average molecular weight is 373 g/mol. The normalized spacial score (nSPS) is 22.2.